The van der Waals surface area contributed by atoms with Gasteiger partial charge in [0.2, 0.25) is 0 Å². The summed E-state index contributed by atoms with van der Waals surface area (Å²) in [5.41, 5.74) is 0. The van der Waals surface area contributed by atoms with Crippen molar-refractivity contribution in [2.24, 2.45) is 0 Å². The number of hydrogen-bond donors (Lipinski definition) is 1. The van der Waals surface area contributed by atoms with Gasteiger partial charge in [0.1, 0.15) is 6.10 Å². The van der Waals surface area contributed by atoms with E-state index in [0.29, 0.717) is 12.8 Å². The van der Waals surface area contributed by atoms with Crippen molar-refractivity contribution in [2.45, 2.75) is 32.8 Å². The zero-order chi connectivity index (χ0) is 9.61. The molecule has 0 aliphatic carbocycles. The third-order valence-electron chi connectivity index (χ3n) is 1.05. The van der Waals surface area contributed by atoms with Gasteiger partial charge in [-0.2, -0.15) is 8.42 Å². The summed E-state index contributed by atoms with van der Waals surface area (Å²) in [6, 6.07) is 0. The quantitative estimate of drug-likeness (QED) is 0.535. The van der Waals surface area contributed by atoms with Crippen LogP contribution < -0.4 is 0 Å². The summed E-state index contributed by atoms with van der Waals surface area (Å²) < 4.78 is 33.0. The molecule has 70 valence electrons. The van der Waals surface area contributed by atoms with Gasteiger partial charge in [-0.3, -0.25) is 4.55 Å². The van der Waals surface area contributed by atoms with Crippen LogP contribution in [-0.4, -0.2) is 19.1 Å². The highest BCUT2D eigenvalue weighted by Crippen LogP contribution is 2.00. The summed E-state index contributed by atoms with van der Waals surface area (Å²) in [6.07, 6.45) is 0.318. The summed E-state index contributed by atoms with van der Waals surface area (Å²) in [6.45, 7) is 3.56. The molecule has 0 amide bonds. The van der Waals surface area contributed by atoms with Crippen LogP contribution in [0.4, 0.5) is 0 Å². The van der Waals surface area contributed by atoms with E-state index < -0.39 is 16.5 Å². The smallest absolute Gasteiger partial charge is 0.263 e. The molecule has 0 rings (SSSR count). The summed E-state index contributed by atoms with van der Waals surface area (Å²) in [5.74, 6) is 5.24. The summed E-state index contributed by atoms with van der Waals surface area (Å²) in [7, 11) is -4.37. The van der Waals surface area contributed by atoms with Crippen LogP contribution in [0.15, 0.2) is 0 Å². The fraction of sp³-hybridized carbons (Fsp3) is 0.714. The van der Waals surface area contributed by atoms with Crippen LogP contribution in [0.1, 0.15) is 26.7 Å². The van der Waals surface area contributed by atoms with E-state index >= 15 is 0 Å². The Labute approximate surface area is 72.9 Å². The Morgan fingerprint density at radius 2 is 2.08 bits per heavy atom. The second-order valence-electron chi connectivity index (χ2n) is 2.10. The Balaban J connectivity index is 4.19. The van der Waals surface area contributed by atoms with Crippen LogP contribution in [0.3, 0.4) is 0 Å². The molecule has 4 nitrogen and oxygen atoms in total. The Morgan fingerprint density at radius 3 is 2.42 bits per heavy atom. The normalized spacial score (nSPS) is 13.2. The molecule has 0 aromatic heterocycles. The minimum absolute atomic E-state index is 0.423. The molecule has 0 unspecified atom stereocenters. The van der Waals surface area contributed by atoms with Gasteiger partial charge in [-0.05, 0) is 6.42 Å². The largest absolute Gasteiger partial charge is 0.398 e. The van der Waals surface area contributed by atoms with Gasteiger partial charge < -0.3 is 0 Å². The van der Waals surface area contributed by atoms with Crippen molar-refractivity contribution in [3.63, 3.8) is 0 Å². The predicted molar refractivity (Wildman–Crippen MR) is 44.8 cm³/mol. The van der Waals surface area contributed by atoms with E-state index in [4.69, 9.17) is 4.55 Å². The highest BCUT2D eigenvalue weighted by Gasteiger charge is 2.11. The fourth-order valence-electron chi connectivity index (χ4n) is 0.557. The molecule has 0 aromatic carbocycles. The lowest BCUT2D eigenvalue weighted by atomic mass is 10.3. The van der Waals surface area contributed by atoms with Crippen LogP contribution in [-0.2, 0) is 14.6 Å². The van der Waals surface area contributed by atoms with Gasteiger partial charge in [-0.1, -0.05) is 19.8 Å². The minimum atomic E-state index is -4.37. The van der Waals surface area contributed by atoms with E-state index in [1.54, 1.807) is 6.92 Å². The van der Waals surface area contributed by atoms with E-state index in [1.807, 2.05) is 6.92 Å². The second kappa shape index (κ2) is 5.14. The number of rotatable bonds is 3. The Morgan fingerprint density at radius 1 is 1.50 bits per heavy atom. The average molecular weight is 192 g/mol. The van der Waals surface area contributed by atoms with Gasteiger partial charge in [-0.15, -0.1) is 5.92 Å². The SMILES string of the molecule is CCC#C[C@@H](CC)OS(=O)(=O)O. The molecule has 0 radical (unpaired) electrons. The van der Waals surface area contributed by atoms with E-state index in [-0.39, 0.29) is 0 Å². The van der Waals surface area contributed by atoms with Crippen molar-refractivity contribution in [2.75, 3.05) is 0 Å². The van der Waals surface area contributed by atoms with Gasteiger partial charge in [-0.25, -0.2) is 4.18 Å². The van der Waals surface area contributed by atoms with Crippen molar-refractivity contribution >= 4 is 10.4 Å². The fourth-order valence-corrected chi connectivity index (χ4v) is 1.03. The van der Waals surface area contributed by atoms with Crippen molar-refractivity contribution in [1.82, 2.24) is 0 Å². The van der Waals surface area contributed by atoms with Crippen molar-refractivity contribution in [3.05, 3.63) is 0 Å². The highest BCUT2D eigenvalue weighted by atomic mass is 32.3. The molecule has 0 aliphatic rings. The molecule has 0 heterocycles. The standard InChI is InChI=1S/C7H12O4S/c1-3-5-6-7(4-2)11-12(8,9)10/h7H,3-4H2,1-2H3,(H,8,9,10)/t7-/m1/s1. The summed E-state index contributed by atoms with van der Waals surface area (Å²) in [4.78, 5) is 0. The monoisotopic (exact) mass is 192 g/mol. The molecule has 1 N–H and O–H groups in total. The first-order chi connectivity index (χ1) is 5.49. The Bertz CT molecular complexity index is 270. The molecule has 0 saturated carbocycles. The van der Waals surface area contributed by atoms with E-state index in [1.165, 1.54) is 0 Å². The lowest BCUT2D eigenvalue weighted by molar-refractivity contribution is 0.223. The molecule has 0 aliphatic heterocycles. The summed E-state index contributed by atoms with van der Waals surface area (Å²) in [5, 5.41) is 0. The van der Waals surface area contributed by atoms with Crippen LogP contribution in [0.2, 0.25) is 0 Å². The van der Waals surface area contributed by atoms with Crippen LogP contribution in [0, 0.1) is 11.8 Å². The lowest BCUT2D eigenvalue weighted by Crippen LogP contribution is -2.14. The average Bonchev–Trinajstić information content (AvgIpc) is 1.95. The number of hydrogen-bond acceptors (Lipinski definition) is 3. The zero-order valence-electron chi connectivity index (χ0n) is 7.07. The van der Waals surface area contributed by atoms with Gasteiger partial charge in [0, 0.05) is 6.42 Å². The molecule has 0 bridgehead atoms. The predicted octanol–water partition coefficient (Wildman–Crippen LogP) is 0.998. The first-order valence-electron chi connectivity index (χ1n) is 3.63. The third-order valence-corrected chi connectivity index (χ3v) is 1.52. The van der Waals surface area contributed by atoms with Gasteiger partial charge >= 0.3 is 10.4 Å². The van der Waals surface area contributed by atoms with Gasteiger partial charge in [0.05, 0.1) is 0 Å². The molecule has 1 atom stereocenters. The second-order valence-corrected chi connectivity index (χ2v) is 3.14. The molecule has 5 heteroatoms. The third kappa shape index (κ3) is 6.16. The van der Waals surface area contributed by atoms with Gasteiger partial charge in [0.15, 0.2) is 0 Å². The first-order valence-corrected chi connectivity index (χ1v) is 5.00. The summed E-state index contributed by atoms with van der Waals surface area (Å²) >= 11 is 0. The topological polar surface area (TPSA) is 63.6 Å². The van der Waals surface area contributed by atoms with Crippen molar-refractivity contribution < 1.29 is 17.2 Å². The molecular weight excluding hydrogens is 180 g/mol. The molecule has 0 spiro atoms. The van der Waals surface area contributed by atoms with Crippen LogP contribution in [0.5, 0.6) is 0 Å². The molecular formula is C7H12O4S. The van der Waals surface area contributed by atoms with Crippen LogP contribution in [0.25, 0.3) is 0 Å². The first kappa shape index (κ1) is 11.4. The molecule has 12 heavy (non-hydrogen) atoms. The zero-order valence-corrected chi connectivity index (χ0v) is 7.89. The van der Waals surface area contributed by atoms with Crippen molar-refractivity contribution in [3.8, 4) is 11.8 Å². The van der Waals surface area contributed by atoms with Crippen molar-refractivity contribution in [1.29, 1.82) is 0 Å². The van der Waals surface area contributed by atoms with E-state index in [9.17, 15) is 8.42 Å². The molecule has 0 saturated heterocycles. The van der Waals surface area contributed by atoms with Crippen LogP contribution >= 0.6 is 0 Å². The van der Waals surface area contributed by atoms with Gasteiger partial charge in [0.25, 0.3) is 0 Å². The molecule has 0 aromatic rings. The Kier molecular flexibility index (Phi) is 4.90. The minimum Gasteiger partial charge on any atom is -0.263 e. The Hall–Kier alpha value is -0.570. The van der Waals surface area contributed by atoms with E-state index in [0.717, 1.165) is 0 Å². The maximum atomic E-state index is 10.2. The highest BCUT2D eigenvalue weighted by molar-refractivity contribution is 7.80. The van der Waals surface area contributed by atoms with E-state index in [2.05, 4.69) is 16.0 Å². The lowest BCUT2D eigenvalue weighted by Gasteiger charge is -2.04. The maximum Gasteiger partial charge on any atom is 0.398 e. The maximum absolute atomic E-state index is 10.2. The molecule has 0 fully saturated rings.